The highest BCUT2D eigenvalue weighted by atomic mass is 15.2. The van der Waals surface area contributed by atoms with Crippen LogP contribution in [0.25, 0.3) is 55.6 Å². The van der Waals surface area contributed by atoms with E-state index in [1.165, 1.54) is 89.3 Å². The van der Waals surface area contributed by atoms with Gasteiger partial charge in [-0.2, -0.15) is 0 Å². The highest BCUT2D eigenvalue weighted by molar-refractivity contribution is 5.99. The highest BCUT2D eigenvalue weighted by Crippen LogP contribution is 2.64. The van der Waals surface area contributed by atoms with E-state index >= 15 is 0 Å². The topological polar surface area (TPSA) is 3.24 Å². The lowest BCUT2D eigenvalue weighted by molar-refractivity contribution is 0.753. The summed E-state index contributed by atoms with van der Waals surface area (Å²) < 4.78 is 0. The van der Waals surface area contributed by atoms with Crippen LogP contribution in [0.4, 0.5) is 17.1 Å². The maximum absolute atomic E-state index is 4.78. The van der Waals surface area contributed by atoms with Crippen molar-refractivity contribution in [1.82, 2.24) is 0 Å². The standard InChI is InChI=1S/C55H37N.C7H4/c1-4-18-38(19-5-1)43-24-10-12-26-45(43)40-33-35-53-52(36-40)55(49-30-16-14-28-47(49)48-29-15-17-31-50(48)55)51-34-32-41(37-54(51)56(53)42-22-8-3-9-23-42)46-27-13-11-25-44(46)39-20-6-2-7-21-39;1-3-5-7-6-4-2/h1-37H;1H,2H3. The fourth-order valence-corrected chi connectivity index (χ4v) is 9.68. The largest absolute Gasteiger partial charge is 0.310 e. The third kappa shape index (κ3) is 6.69. The van der Waals surface area contributed by atoms with Crippen LogP contribution in [-0.4, -0.2) is 0 Å². The first-order valence-electron chi connectivity index (χ1n) is 21.2. The summed E-state index contributed by atoms with van der Waals surface area (Å²) in [5.41, 5.74) is 20.5. The Morgan fingerprint density at radius 1 is 0.349 bits per heavy atom. The van der Waals surface area contributed by atoms with Crippen molar-refractivity contribution in [2.75, 3.05) is 4.90 Å². The van der Waals surface area contributed by atoms with E-state index < -0.39 is 5.41 Å². The van der Waals surface area contributed by atoms with E-state index in [0.29, 0.717) is 0 Å². The number of benzene rings is 9. The molecule has 1 aliphatic heterocycles. The molecule has 1 aliphatic carbocycles. The second-order valence-corrected chi connectivity index (χ2v) is 15.6. The molecular weight excluding hydrogens is 759 g/mol. The van der Waals surface area contributed by atoms with Crippen molar-refractivity contribution in [2.24, 2.45) is 0 Å². The van der Waals surface area contributed by atoms with E-state index in [2.05, 4.69) is 259 Å². The average Bonchev–Trinajstić information content (AvgIpc) is 3.65. The van der Waals surface area contributed by atoms with Crippen LogP contribution in [0.2, 0.25) is 0 Å². The van der Waals surface area contributed by atoms with Crippen molar-refractivity contribution < 1.29 is 0 Å². The predicted octanol–water partition coefficient (Wildman–Crippen LogP) is 15.1. The van der Waals surface area contributed by atoms with Crippen LogP contribution in [0.5, 0.6) is 0 Å². The summed E-state index contributed by atoms with van der Waals surface area (Å²) in [5.74, 6) is 12.0. The van der Waals surface area contributed by atoms with Crippen LogP contribution in [0.15, 0.2) is 224 Å². The number of terminal acetylenes is 1. The number of rotatable bonds is 5. The molecule has 0 unspecified atom stereocenters. The van der Waals surface area contributed by atoms with Crippen molar-refractivity contribution in [3.8, 4) is 91.7 Å². The molecule has 0 fully saturated rings. The quantitative estimate of drug-likeness (QED) is 0.157. The van der Waals surface area contributed by atoms with Gasteiger partial charge in [0.2, 0.25) is 0 Å². The van der Waals surface area contributed by atoms with Crippen LogP contribution in [0.3, 0.4) is 0 Å². The van der Waals surface area contributed by atoms with Gasteiger partial charge in [0.05, 0.1) is 16.8 Å². The van der Waals surface area contributed by atoms with Gasteiger partial charge in [-0.15, -0.1) is 6.42 Å². The first-order valence-corrected chi connectivity index (χ1v) is 21.2. The van der Waals surface area contributed by atoms with E-state index in [1.54, 1.807) is 6.92 Å². The monoisotopic (exact) mass is 799 g/mol. The summed E-state index contributed by atoms with van der Waals surface area (Å²) in [6, 6.07) is 82.6. The van der Waals surface area contributed by atoms with Gasteiger partial charge in [0.15, 0.2) is 0 Å². The molecule has 0 radical (unpaired) electrons. The van der Waals surface area contributed by atoms with Crippen molar-refractivity contribution in [1.29, 1.82) is 0 Å². The van der Waals surface area contributed by atoms with Crippen LogP contribution in [0, 0.1) is 36.0 Å². The Morgan fingerprint density at radius 2 is 0.794 bits per heavy atom. The molecule has 294 valence electrons. The van der Waals surface area contributed by atoms with E-state index in [4.69, 9.17) is 6.42 Å². The number of para-hydroxylation sites is 1. The third-order valence-electron chi connectivity index (χ3n) is 12.2. The molecule has 9 aromatic rings. The number of hydrogen-bond donors (Lipinski definition) is 0. The zero-order valence-electron chi connectivity index (χ0n) is 34.9. The van der Waals surface area contributed by atoms with Gasteiger partial charge in [-0.25, -0.2) is 0 Å². The molecule has 11 rings (SSSR count). The summed E-state index contributed by atoms with van der Waals surface area (Å²) in [7, 11) is 0. The number of fused-ring (bicyclic) bond motifs is 9. The number of nitrogens with zero attached hydrogens (tertiary/aromatic N) is 1. The van der Waals surface area contributed by atoms with Gasteiger partial charge in [-0.1, -0.05) is 200 Å². The molecule has 63 heavy (non-hydrogen) atoms. The Labute approximate surface area is 371 Å². The Hall–Kier alpha value is -8.54. The predicted molar refractivity (Wildman–Crippen MR) is 264 cm³/mol. The molecule has 0 saturated heterocycles. The minimum atomic E-state index is -0.557. The average molecular weight is 800 g/mol. The summed E-state index contributed by atoms with van der Waals surface area (Å²) in [4.78, 5) is 2.50. The lowest BCUT2D eigenvalue weighted by Crippen LogP contribution is -2.36. The molecule has 1 heteroatoms. The minimum absolute atomic E-state index is 0.557. The van der Waals surface area contributed by atoms with Crippen LogP contribution in [0.1, 0.15) is 29.2 Å². The van der Waals surface area contributed by atoms with Gasteiger partial charge < -0.3 is 4.90 Å². The van der Waals surface area contributed by atoms with Crippen LogP contribution in [-0.2, 0) is 5.41 Å². The normalized spacial score (nSPS) is 12.0. The zero-order chi connectivity index (χ0) is 42.6. The SMILES string of the molecule is C#CC#CC#CC.c1ccc(-c2ccccc2-c2ccc3c(c2)N(c2ccccc2)c2ccc(-c4ccccc4-c4ccccc4)cc2C32c3ccccc3-c3ccccc32)cc1. The second kappa shape index (κ2) is 16.8. The number of hydrogen-bond acceptors (Lipinski definition) is 1. The molecule has 0 amide bonds. The maximum atomic E-state index is 4.78. The van der Waals surface area contributed by atoms with Gasteiger partial charge in [0.1, 0.15) is 0 Å². The summed E-state index contributed by atoms with van der Waals surface area (Å²) >= 11 is 0. The fourth-order valence-electron chi connectivity index (χ4n) is 9.68. The lowest BCUT2D eigenvalue weighted by Gasteiger charge is -2.45. The molecule has 1 heterocycles. The molecular formula is C62H41N. The minimum Gasteiger partial charge on any atom is -0.310 e. The molecule has 0 bridgehead atoms. The van der Waals surface area contributed by atoms with E-state index in [1.807, 2.05) is 0 Å². The molecule has 1 spiro atoms. The molecule has 0 aromatic heterocycles. The van der Waals surface area contributed by atoms with Gasteiger partial charge in [-0.3, -0.25) is 0 Å². The molecule has 9 aromatic carbocycles. The Kier molecular flexibility index (Phi) is 10.3. The number of anilines is 3. The summed E-state index contributed by atoms with van der Waals surface area (Å²) in [6.07, 6.45) is 4.78. The summed E-state index contributed by atoms with van der Waals surface area (Å²) in [6.45, 7) is 1.71. The molecule has 0 N–H and O–H groups in total. The smallest absolute Gasteiger partial charge is 0.0754 e. The van der Waals surface area contributed by atoms with Crippen LogP contribution >= 0.6 is 0 Å². The van der Waals surface area contributed by atoms with Gasteiger partial charge in [0.25, 0.3) is 0 Å². The van der Waals surface area contributed by atoms with Gasteiger partial charge in [-0.05, 0) is 139 Å². The first kappa shape index (κ1) is 38.6. The van der Waals surface area contributed by atoms with Crippen molar-refractivity contribution >= 4 is 17.1 Å². The Morgan fingerprint density at radius 3 is 1.32 bits per heavy atom. The van der Waals surface area contributed by atoms with E-state index in [0.717, 1.165) is 5.69 Å². The van der Waals surface area contributed by atoms with Crippen molar-refractivity contribution in [3.63, 3.8) is 0 Å². The van der Waals surface area contributed by atoms with Crippen molar-refractivity contribution in [3.05, 3.63) is 247 Å². The van der Waals surface area contributed by atoms with Crippen LogP contribution < -0.4 is 4.90 Å². The molecule has 2 aliphatic rings. The van der Waals surface area contributed by atoms with Gasteiger partial charge in [0, 0.05) is 5.69 Å². The molecule has 1 nitrogen and oxygen atoms in total. The van der Waals surface area contributed by atoms with E-state index in [9.17, 15) is 0 Å². The second-order valence-electron chi connectivity index (χ2n) is 15.6. The lowest BCUT2D eigenvalue weighted by atomic mass is 9.64. The van der Waals surface area contributed by atoms with E-state index in [-0.39, 0.29) is 0 Å². The third-order valence-corrected chi connectivity index (χ3v) is 12.2. The maximum Gasteiger partial charge on any atom is 0.0754 e. The fraction of sp³-hybridized carbons (Fsp3) is 0.0323. The zero-order valence-corrected chi connectivity index (χ0v) is 34.9. The summed E-state index contributed by atoms with van der Waals surface area (Å²) in [5, 5.41) is 0. The van der Waals surface area contributed by atoms with Crippen molar-refractivity contribution in [2.45, 2.75) is 12.3 Å². The highest BCUT2D eigenvalue weighted by Gasteiger charge is 2.52. The first-order chi connectivity index (χ1) is 31.2. The Bertz CT molecular complexity index is 3270. The Balaban J connectivity index is 0.000000624. The van der Waals surface area contributed by atoms with Gasteiger partial charge >= 0.3 is 0 Å². The molecule has 0 atom stereocenters. The molecule has 0 saturated carbocycles.